The van der Waals surface area contributed by atoms with Crippen molar-refractivity contribution in [3.05, 3.63) is 55.0 Å². The van der Waals surface area contributed by atoms with E-state index in [0.29, 0.717) is 85.4 Å². The molecule has 0 spiro atoms. The van der Waals surface area contributed by atoms with Crippen LogP contribution in [0.4, 0.5) is 0 Å². The maximum atomic E-state index is 9.17. The fourth-order valence-corrected chi connectivity index (χ4v) is 11.3. The second kappa shape index (κ2) is 61.2. The summed E-state index contributed by atoms with van der Waals surface area (Å²) < 4.78 is 49.0. The van der Waals surface area contributed by atoms with Gasteiger partial charge >= 0.3 is 0 Å². The topological polar surface area (TPSA) is 222 Å². The average molecular weight is 1530 g/mol. The van der Waals surface area contributed by atoms with Gasteiger partial charge in [-0.05, 0) is 150 Å². The number of ether oxygens (including phenoxy) is 9. The summed E-state index contributed by atoms with van der Waals surface area (Å²) in [4.78, 5) is 8.74. The van der Waals surface area contributed by atoms with Gasteiger partial charge in [-0.2, -0.15) is 6.42 Å². The number of benzene rings is 1. The van der Waals surface area contributed by atoms with Crippen LogP contribution < -0.4 is 0 Å². The van der Waals surface area contributed by atoms with Crippen molar-refractivity contribution in [1.29, 1.82) is 0 Å². The number of rotatable bonds is 9. The Hall–Kier alpha value is 0.702. The van der Waals surface area contributed by atoms with Gasteiger partial charge in [0.25, 0.3) is 0 Å². The Morgan fingerprint density at radius 3 is 0.745 bits per heavy atom. The maximum Gasteiger partial charge on any atom is 0.163 e. The fourth-order valence-electron chi connectivity index (χ4n) is 11.3. The van der Waals surface area contributed by atoms with Crippen LogP contribution in [0.15, 0.2) is 36.6 Å². The van der Waals surface area contributed by atoms with E-state index in [4.69, 9.17) is 62.7 Å². The predicted octanol–water partition coefficient (Wildman–Crippen LogP) is 14.9. The number of aliphatic hydroxyl groups excluding tert-OH is 6. The molecule has 1 aromatic rings. The van der Waals surface area contributed by atoms with Crippen LogP contribution in [-0.4, -0.2) is 178 Å². The molecule has 9 aliphatic heterocycles. The number of hydrogen-bond donors (Lipinski definition) is 6. The summed E-state index contributed by atoms with van der Waals surface area (Å²) in [6.07, 6.45) is 26.8. The van der Waals surface area contributed by atoms with Crippen LogP contribution in [0, 0.1) is 43.4 Å². The molecule has 0 amide bonds. The summed E-state index contributed by atoms with van der Waals surface area (Å²) in [6.45, 7) is 44.7. The summed E-state index contributed by atoms with van der Waals surface area (Å²) in [7, 11) is 0. The Bertz CT molecular complexity index is 1560. The molecule has 0 aromatic heterocycles. The molecule has 9 aliphatic rings. The van der Waals surface area contributed by atoms with Crippen molar-refractivity contribution in [3.8, 4) is 0 Å². The molecular formula is C75H142O16VY2-2. The summed E-state index contributed by atoms with van der Waals surface area (Å²) in [5.41, 5.74) is 1.32. The molecule has 551 valence electrons. The smallest absolute Gasteiger partial charge is 0.163 e. The molecule has 10 rings (SSSR count). The van der Waals surface area contributed by atoms with Crippen LogP contribution in [-0.2, 0) is 131 Å². The average Bonchev–Trinajstić information content (AvgIpc) is 3.75. The largest absolute Gasteiger partial charge is 0.504 e. The van der Waals surface area contributed by atoms with Gasteiger partial charge in [-0.1, -0.05) is 146 Å². The van der Waals surface area contributed by atoms with Crippen molar-refractivity contribution < 1.29 is 162 Å². The van der Waals surface area contributed by atoms with Crippen LogP contribution in [0.3, 0.4) is 0 Å². The van der Waals surface area contributed by atoms with Crippen molar-refractivity contribution in [2.75, 3.05) is 13.2 Å². The molecular weight excluding hydrogens is 1390 g/mol. The van der Waals surface area contributed by atoms with Crippen LogP contribution in [0.2, 0.25) is 0 Å². The molecule has 16 nitrogen and oxygen atoms in total. The van der Waals surface area contributed by atoms with Crippen molar-refractivity contribution in [3.63, 3.8) is 0 Å². The molecule has 9 fully saturated rings. The van der Waals surface area contributed by atoms with Gasteiger partial charge in [-0.3, -0.25) is 12.8 Å². The minimum atomic E-state index is -0.227. The molecule has 0 aliphatic carbocycles. The van der Waals surface area contributed by atoms with Gasteiger partial charge in [0.05, 0.1) is 123 Å². The number of aliphatic hydroxyl groups is 6. The molecule has 9 saturated heterocycles. The Morgan fingerprint density at radius 1 is 0.404 bits per heavy atom. The van der Waals surface area contributed by atoms with Crippen LogP contribution in [0.1, 0.15) is 254 Å². The van der Waals surface area contributed by atoms with E-state index >= 15 is 0 Å². The van der Waals surface area contributed by atoms with Crippen molar-refractivity contribution in [2.45, 2.75) is 384 Å². The first kappa shape index (κ1) is 103. The molecule has 25 atom stereocenters. The van der Waals surface area contributed by atoms with Crippen molar-refractivity contribution in [1.82, 2.24) is 0 Å². The summed E-state index contributed by atoms with van der Waals surface area (Å²) in [5.74, 6) is 4.04. The number of aryl methyl sites for hydroxylation is 1. The second-order valence-electron chi connectivity index (χ2n) is 26.5. The van der Waals surface area contributed by atoms with Gasteiger partial charge in [0.15, 0.2) is 12.2 Å². The standard InChI is InChI=1S/3C8H16O.4C7H14O2.C7H13O.C7H8.C6H11O2.C2H2O2.CH4.V.2Y/c3*1-4-8-5-6(2)7(3)9-8;1-5-3-7(4-8)9-6(5)2;3*1-3-6-4-7(8)5(2)9-6;1-3-7-5-4-6(2)8-7;1-7-5-3-2-4-6-7;1-5-2-3-6(4-7)8-5;3-1-2-4;;;;/h3*6-8H,4-5H2,1-3H3;4*5-8H,3-4H2,1-2H3;4,6-7H,3,5H2,1-2H3;2-6H,1H3;2,5-7H,3-4H2,1H3;1,3H;1H4;;;/q;;;;;;;-1;;-1;;;;;/t3*6?,7-,8+;5?,6-,7-;3*5-,6+,7?;6-,7+;;5-,6-;;;;;/m11111111.1...../s1. The number of hydrogen-bond acceptors (Lipinski definition) is 16. The molecule has 3 radical (unpaired) electrons. The Kier molecular flexibility index (Phi) is 67.3. The van der Waals surface area contributed by atoms with Gasteiger partial charge in [-0.25, -0.2) is 4.79 Å². The van der Waals surface area contributed by atoms with Crippen LogP contribution in [0.25, 0.3) is 0 Å². The zero-order chi connectivity index (χ0) is 68.5. The van der Waals surface area contributed by atoms with Crippen molar-refractivity contribution in [2.24, 2.45) is 23.7 Å². The summed E-state index contributed by atoms with van der Waals surface area (Å²) in [6, 6.07) is 10.3. The van der Waals surface area contributed by atoms with Gasteiger partial charge < -0.3 is 73.3 Å². The molecule has 7 unspecified atom stereocenters. The number of carbonyl (C=O) groups excluding carboxylic acids is 1. The molecule has 9 heterocycles. The van der Waals surface area contributed by atoms with Gasteiger partial charge in [-0.15, -0.1) is 6.42 Å². The first-order valence-corrected chi connectivity index (χ1v) is 35.3. The van der Waals surface area contributed by atoms with E-state index in [2.05, 4.69) is 143 Å². The normalized spacial score (nSPS) is 36.6. The maximum absolute atomic E-state index is 9.17. The second-order valence-corrected chi connectivity index (χ2v) is 26.5. The zero-order valence-corrected chi connectivity index (χ0v) is 69.2. The first-order chi connectivity index (χ1) is 42.6. The molecule has 0 bridgehead atoms. The predicted molar refractivity (Wildman–Crippen MR) is 371 cm³/mol. The van der Waals surface area contributed by atoms with E-state index in [1.165, 1.54) is 44.1 Å². The monoisotopic (exact) mass is 1530 g/mol. The molecule has 6 N–H and O–H groups in total. The molecule has 19 heteroatoms. The third-order valence-electron chi connectivity index (χ3n) is 18.6. The quantitative estimate of drug-likeness (QED) is 0.0769. The Balaban J connectivity index is -0.000000309. The van der Waals surface area contributed by atoms with E-state index in [1.807, 2.05) is 45.9 Å². The van der Waals surface area contributed by atoms with Crippen LogP contribution in [0.5, 0.6) is 0 Å². The minimum Gasteiger partial charge on any atom is -0.504 e. The zero-order valence-electron chi connectivity index (χ0n) is 62.1. The van der Waals surface area contributed by atoms with E-state index in [0.717, 1.165) is 87.9 Å². The van der Waals surface area contributed by atoms with E-state index in [9.17, 15) is 15.3 Å². The Labute approximate surface area is 638 Å². The van der Waals surface area contributed by atoms with E-state index in [-0.39, 0.29) is 160 Å². The Morgan fingerprint density at radius 2 is 0.638 bits per heavy atom. The van der Waals surface area contributed by atoms with Gasteiger partial charge in [0, 0.05) is 109 Å². The molecule has 1 aromatic carbocycles. The SMILES string of the molecule is C.CC1C[C@H](CO)O[C@@H]1C.CC[C@H]1CC(C)[C@@H](C)O1.CC[C@H]1CC(C)[C@@H](C)O1.CC[C@H]1CC(C)[C@@H](C)O1.CC[C@H]1CC(O)[C@@H](C)O1.CC[C@H]1CC(O)[C@@H](C)O1.CC[C@H]1CC(O)[C@@H](C)O1.CC[C@H]1C[CH-][C@@H](C)O1.C[C@@H]1[CH-]C[C@H](CO)O1.Cc1ccccc1.O=C=CO.[V].[Y].[Y]. The first-order valence-electron chi connectivity index (χ1n) is 35.3. The summed E-state index contributed by atoms with van der Waals surface area (Å²) >= 11 is 0. The van der Waals surface area contributed by atoms with Crippen molar-refractivity contribution >= 4 is 5.94 Å². The minimum absolute atomic E-state index is 0. The van der Waals surface area contributed by atoms with E-state index < -0.39 is 0 Å². The van der Waals surface area contributed by atoms with Gasteiger partial charge in [0.1, 0.15) is 0 Å². The third-order valence-corrected chi connectivity index (χ3v) is 18.6. The fraction of sp³-hybridized carbons (Fsp3) is 0.867. The molecule has 0 saturated carbocycles. The van der Waals surface area contributed by atoms with E-state index in [1.54, 1.807) is 0 Å². The van der Waals surface area contributed by atoms with Crippen LogP contribution >= 0.6 is 0 Å². The third kappa shape index (κ3) is 46.3. The van der Waals surface area contributed by atoms with Gasteiger partial charge in [0.2, 0.25) is 0 Å². The molecule has 94 heavy (non-hydrogen) atoms. The summed E-state index contributed by atoms with van der Waals surface area (Å²) in [5, 5.41) is 52.1.